The summed E-state index contributed by atoms with van der Waals surface area (Å²) in [6.07, 6.45) is 0. The van der Waals surface area contributed by atoms with Gasteiger partial charge in [0, 0.05) is 0 Å². The first-order valence-corrected chi connectivity index (χ1v) is 5.01. The van der Waals surface area contributed by atoms with Gasteiger partial charge in [0.1, 0.15) is 0 Å². The van der Waals surface area contributed by atoms with Crippen molar-refractivity contribution < 1.29 is 0 Å². The molecule has 0 aromatic heterocycles. The molecule has 1 aromatic rings. The minimum absolute atomic E-state index is 0.198. The maximum absolute atomic E-state index is 4.00. The van der Waals surface area contributed by atoms with E-state index in [9.17, 15) is 0 Å². The van der Waals surface area contributed by atoms with Crippen LogP contribution in [0.2, 0.25) is 0 Å². The minimum Gasteiger partial charge on any atom is -0.293 e. The lowest BCUT2D eigenvalue weighted by atomic mass is 9.86. The van der Waals surface area contributed by atoms with Crippen molar-refractivity contribution in [2.45, 2.75) is 39.2 Å². The van der Waals surface area contributed by atoms with Crippen LogP contribution in [0.25, 0.3) is 0 Å². The Morgan fingerprint density at radius 3 is 2.00 bits per heavy atom. The second kappa shape index (κ2) is 3.95. The summed E-state index contributed by atoms with van der Waals surface area (Å²) in [7, 11) is 0. The summed E-state index contributed by atoms with van der Waals surface area (Å²) in [5.41, 5.74) is 2.81. The maximum Gasteiger partial charge on any atom is 0.0713 e. The smallest absolute Gasteiger partial charge is 0.0713 e. The lowest BCUT2D eigenvalue weighted by molar-refractivity contribution is 0.589. The van der Waals surface area contributed by atoms with Gasteiger partial charge in [-0.05, 0) is 30.2 Å². The molecule has 0 radical (unpaired) electrons. The van der Waals surface area contributed by atoms with E-state index >= 15 is 0 Å². The van der Waals surface area contributed by atoms with E-state index in [1.54, 1.807) is 0 Å². The molecule has 0 heterocycles. The number of hydrogen-bond donors (Lipinski definition) is 0. The van der Waals surface area contributed by atoms with E-state index in [1.165, 1.54) is 11.1 Å². The molecule has 0 fully saturated rings. The van der Waals surface area contributed by atoms with Crippen molar-refractivity contribution in [2.24, 2.45) is 4.99 Å². The quantitative estimate of drug-likeness (QED) is 0.628. The summed E-state index contributed by atoms with van der Waals surface area (Å²) in [6.45, 7) is 12.3. The van der Waals surface area contributed by atoms with Gasteiger partial charge in [-0.25, -0.2) is 0 Å². The molecule has 0 saturated carbocycles. The monoisotopic (exact) mass is 189 g/mol. The average Bonchev–Trinajstić information content (AvgIpc) is 2.15. The number of aliphatic imine (C=N–C) groups is 1. The van der Waals surface area contributed by atoms with Crippen molar-refractivity contribution in [1.29, 1.82) is 0 Å². The van der Waals surface area contributed by atoms with Crippen LogP contribution in [0.5, 0.6) is 0 Å². The van der Waals surface area contributed by atoms with E-state index in [2.05, 4.69) is 63.7 Å². The maximum atomic E-state index is 4.00. The highest BCUT2D eigenvalue weighted by Gasteiger charge is 2.13. The van der Waals surface area contributed by atoms with Crippen molar-refractivity contribution >= 4 is 6.72 Å². The summed E-state index contributed by atoms with van der Waals surface area (Å²) in [5.74, 6) is 0. The largest absolute Gasteiger partial charge is 0.293 e. The zero-order valence-electron chi connectivity index (χ0n) is 9.54. The second-order valence-electron chi connectivity index (χ2n) is 4.73. The lowest BCUT2D eigenvalue weighted by Crippen LogP contribution is -2.10. The Labute approximate surface area is 86.9 Å². The van der Waals surface area contributed by atoms with Crippen LogP contribution < -0.4 is 0 Å². The summed E-state index contributed by atoms with van der Waals surface area (Å²) >= 11 is 0. The van der Waals surface area contributed by atoms with E-state index in [1.807, 2.05) is 0 Å². The molecular formula is C13H19N. The van der Waals surface area contributed by atoms with Crippen molar-refractivity contribution in [3.63, 3.8) is 0 Å². The highest BCUT2D eigenvalue weighted by atomic mass is 14.7. The van der Waals surface area contributed by atoms with E-state index in [-0.39, 0.29) is 11.5 Å². The molecule has 0 N–H and O–H groups in total. The van der Waals surface area contributed by atoms with Gasteiger partial charge in [-0.1, -0.05) is 45.0 Å². The van der Waals surface area contributed by atoms with E-state index < -0.39 is 0 Å². The van der Waals surface area contributed by atoms with Gasteiger partial charge in [-0.3, -0.25) is 4.99 Å². The molecule has 0 bridgehead atoms. The first-order valence-electron chi connectivity index (χ1n) is 5.01. The van der Waals surface area contributed by atoms with Crippen molar-refractivity contribution in [2.75, 3.05) is 0 Å². The van der Waals surface area contributed by atoms with Gasteiger partial charge in [0.05, 0.1) is 6.04 Å². The molecule has 1 nitrogen and oxygen atoms in total. The van der Waals surface area contributed by atoms with Gasteiger partial charge in [0.25, 0.3) is 0 Å². The molecule has 0 aliphatic carbocycles. The Balaban J connectivity index is 2.95. The number of rotatable bonds is 2. The van der Waals surface area contributed by atoms with E-state index in [4.69, 9.17) is 0 Å². The third kappa shape index (κ3) is 2.44. The topological polar surface area (TPSA) is 12.4 Å². The van der Waals surface area contributed by atoms with Crippen LogP contribution >= 0.6 is 0 Å². The van der Waals surface area contributed by atoms with Gasteiger partial charge >= 0.3 is 0 Å². The Kier molecular flexibility index (Phi) is 3.10. The Morgan fingerprint density at radius 1 is 1.14 bits per heavy atom. The predicted octanol–water partition coefficient (Wildman–Crippen LogP) is 3.75. The molecular weight excluding hydrogens is 170 g/mol. The van der Waals surface area contributed by atoms with Crippen molar-refractivity contribution in [3.05, 3.63) is 35.4 Å². The van der Waals surface area contributed by atoms with Crippen molar-refractivity contribution in [1.82, 2.24) is 0 Å². The fourth-order valence-electron chi connectivity index (χ4n) is 1.37. The molecule has 14 heavy (non-hydrogen) atoms. The van der Waals surface area contributed by atoms with Crippen LogP contribution in [0.3, 0.4) is 0 Å². The highest BCUT2D eigenvalue weighted by molar-refractivity contribution is 5.31. The number of hydrogen-bond acceptors (Lipinski definition) is 1. The molecule has 0 aliphatic rings. The fraction of sp³-hybridized carbons (Fsp3) is 0.462. The third-order valence-electron chi connectivity index (χ3n) is 2.53. The number of benzene rings is 1. The molecule has 1 rings (SSSR count). The molecule has 1 atom stereocenters. The Bertz CT molecular complexity index is 303. The van der Waals surface area contributed by atoms with Crippen LogP contribution in [-0.4, -0.2) is 6.72 Å². The fourth-order valence-corrected chi connectivity index (χ4v) is 1.37. The van der Waals surface area contributed by atoms with E-state index in [0.29, 0.717) is 0 Å². The molecule has 1 aromatic carbocycles. The zero-order chi connectivity index (χ0) is 10.8. The molecule has 1 heteroatoms. The zero-order valence-corrected chi connectivity index (χ0v) is 9.54. The molecule has 0 amide bonds. The molecule has 0 unspecified atom stereocenters. The lowest BCUT2D eigenvalue weighted by Gasteiger charge is -2.19. The van der Waals surface area contributed by atoms with Crippen LogP contribution in [0, 0.1) is 0 Å². The summed E-state index contributed by atoms with van der Waals surface area (Å²) in [5, 5.41) is 0. The highest BCUT2D eigenvalue weighted by Crippen LogP contribution is 2.24. The molecule has 76 valence electrons. The first kappa shape index (κ1) is 11.0. The summed E-state index contributed by atoms with van der Waals surface area (Å²) in [6, 6.07) is 8.83. The van der Waals surface area contributed by atoms with Crippen molar-refractivity contribution in [3.8, 4) is 0 Å². The SMILES string of the molecule is C=N[C@H](C)c1ccc(C(C)(C)C)cc1. The van der Waals surface area contributed by atoms with Crippen LogP contribution in [0.15, 0.2) is 29.3 Å². The number of nitrogens with zero attached hydrogens (tertiary/aromatic N) is 1. The summed E-state index contributed by atoms with van der Waals surface area (Å²) < 4.78 is 0. The first-order chi connectivity index (χ1) is 6.45. The molecule has 0 saturated heterocycles. The second-order valence-corrected chi connectivity index (χ2v) is 4.73. The van der Waals surface area contributed by atoms with Gasteiger partial charge < -0.3 is 0 Å². The normalized spacial score (nSPS) is 13.7. The van der Waals surface area contributed by atoms with Gasteiger partial charge in [-0.2, -0.15) is 0 Å². The van der Waals surface area contributed by atoms with Gasteiger partial charge in [0.15, 0.2) is 0 Å². The Morgan fingerprint density at radius 2 is 1.64 bits per heavy atom. The van der Waals surface area contributed by atoms with Crippen LogP contribution in [-0.2, 0) is 5.41 Å². The van der Waals surface area contributed by atoms with Crippen LogP contribution in [0.1, 0.15) is 44.9 Å². The predicted molar refractivity (Wildman–Crippen MR) is 63.1 cm³/mol. The summed E-state index contributed by atoms with van der Waals surface area (Å²) in [4.78, 5) is 4.00. The molecule has 0 spiro atoms. The standard InChI is InChI=1S/C13H19N/c1-10(14-5)11-6-8-12(9-7-11)13(2,3)4/h6-10H,5H2,1-4H3/t10-/m1/s1. The minimum atomic E-state index is 0.198. The molecule has 0 aliphatic heterocycles. The van der Waals surface area contributed by atoms with Crippen LogP contribution in [0.4, 0.5) is 0 Å². The van der Waals surface area contributed by atoms with Gasteiger partial charge in [-0.15, -0.1) is 0 Å². The van der Waals surface area contributed by atoms with Gasteiger partial charge in [0.2, 0.25) is 0 Å². The third-order valence-corrected chi connectivity index (χ3v) is 2.53. The van der Waals surface area contributed by atoms with E-state index in [0.717, 1.165) is 0 Å². The Hall–Kier alpha value is -1.11. The average molecular weight is 189 g/mol.